The molecule has 0 bridgehead atoms. The fourth-order valence-corrected chi connectivity index (χ4v) is 2.40. The van der Waals surface area contributed by atoms with Crippen LogP contribution in [-0.2, 0) is 6.54 Å². The minimum atomic E-state index is 0.216. The molecule has 0 aliphatic carbocycles. The summed E-state index contributed by atoms with van der Waals surface area (Å²) < 4.78 is 0. The van der Waals surface area contributed by atoms with E-state index in [1.54, 1.807) is 0 Å². The van der Waals surface area contributed by atoms with Crippen LogP contribution < -0.4 is 10.6 Å². The number of nitrogens with one attached hydrogen (secondary N) is 2. The van der Waals surface area contributed by atoms with Gasteiger partial charge in [0.15, 0.2) is 5.96 Å². The Kier molecular flexibility index (Phi) is 3.68. The van der Waals surface area contributed by atoms with Gasteiger partial charge in [-0.3, -0.25) is 0 Å². The minimum Gasteiger partial charge on any atom is -0.354 e. The number of hydrogen-bond acceptors (Lipinski definition) is 3. The maximum Gasteiger partial charge on any atom is 0.192 e. The highest BCUT2D eigenvalue weighted by Gasteiger charge is 2.18. The van der Waals surface area contributed by atoms with E-state index in [0.717, 1.165) is 19.0 Å². The quantitative estimate of drug-likeness (QED) is 0.895. The van der Waals surface area contributed by atoms with Gasteiger partial charge in [0.05, 0.1) is 6.04 Å². The van der Waals surface area contributed by atoms with Crippen molar-refractivity contribution in [2.45, 2.75) is 19.5 Å². The summed E-state index contributed by atoms with van der Waals surface area (Å²) in [7, 11) is 0. The Labute approximate surface area is 119 Å². The average Bonchev–Trinajstić information content (AvgIpc) is 2.95. The molecule has 0 fully saturated rings. The molecule has 0 unspecified atom stereocenters. The SMILES string of the molecule is Cc1cccc([C@H]2CNC(NCc3ccccc3)=N2)c1. The second-order valence-electron chi connectivity index (χ2n) is 5.13. The van der Waals surface area contributed by atoms with Crippen LogP contribution in [0.25, 0.3) is 0 Å². The summed E-state index contributed by atoms with van der Waals surface area (Å²) in [6, 6.07) is 19.1. The van der Waals surface area contributed by atoms with E-state index in [1.807, 2.05) is 6.07 Å². The van der Waals surface area contributed by atoms with Gasteiger partial charge in [-0.2, -0.15) is 0 Å². The predicted octanol–water partition coefficient (Wildman–Crippen LogP) is 2.79. The molecular formula is C17H19N3. The monoisotopic (exact) mass is 265 g/mol. The molecule has 20 heavy (non-hydrogen) atoms. The molecule has 0 radical (unpaired) electrons. The smallest absolute Gasteiger partial charge is 0.192 e. The van der Waals surface area contributed by atoms with Gasteiger partial charge >= 0.3 is 0 Å². The predicted molar refractivity (Wildman–Crippen MR) is 82.6 cm³/mol. The zero-order valence-corrected chi connectivity index (χ0v) is 11.6. The molecule has 1 aliphatic rings. The van der Waals surface area contributed by atoms with Crippen LogP contribution >= 0.6 is 0 Å². The van der Waals surface area contributed by atoms with Crippen molar-refractivity contribution in [2.75, 3.05) is 6.54 Å². The lowest BCUT2D eigenvalue weighted by molar-refractivity contribution is 0.749. The van der Waals surface area contributed by atoms with Gasteiger partial charge in [0.25, 0.3) is 0 Å². The molecule has 3 heteroatoms. The molecule has 2 N–H and O–H groups in total. The van der Waals surface area contributed by atoms with Crippen LogP contribution in [0.5, 0.6) is 0 Å². The van der Waals surface area contributed by atoms with Gasteiger partial charge in [-0.1, -0.05) is 60.2 Å². The molecule has 2 aromatic carbocycles. The molecule has 1 aliphatic heterocycles. The first-order valence-corrected chi connectivity index (χ1v) is 6.97. The summed E-state index contributed by atoms with van der Waals surface area (Å²) in [5, 5.41) is 6.68. The van der Waals surface area contributed by atoms with E-state index >= 15 is 0 Å². The van der Waals surface area contributed by atoms with Gasteiger partial charge in [0.1, 0.15) is 0 Å². The van der Waals surface area contributed by atoms with Gasteiger partial charge in [-0.25, -0.2) is 4.99 Å². The van der Waals surface area contributed by atoms with E-state index < -0.39 is 0 Å². The highest BCUT2D eigenvalue weighted by Crippen LogP contribution is 2.20. The van der Waals surface area contributed by atoms with E-state index in [1.165, 1.54) is 16.7 Å². The Bertz CT molecular complexity index is 605. The molecule has 1 heterocycles. The lowest BCUT2D eigenvalue weighted by Crippen LogP contribution is -2.33. The van der Waals surface area contributed by atoms with Gasteiger partial charge in [0, 0.05) is 13.1 Å². The number of benzene rings is 2. The average molecular weight is 265 g/mol. The molecule has 0 saturated heterocycles. The van der Waals surface area contributed by atoms with E-state index in [2.05, 4.69) is 66.1 Å². The summed E-state index contributed by atoms with van der Waals surface area (Å²) >= 11 is 0. The second-order valence-corrected chi connectivity index (χ2v) is 5.13. The van der Waals surface area contributed by atoms with E-state index in [4.69, 9.17) is 4.99 Å². The van der Waals surface area contributed by atoms with Gasteiger partial charge in [-0.15, -0.1) is 0 Å². The molecule has 102 valence electrons. The van der Waals surface area contributed by atoms with Crippen LogP contribution in [-0.4, -0.2) is 12.5 Å². The van der Waals surface area contributed by atoms with Gasteiger partial charge < -0.3 is 10.6 Å². The Balaban J connectivity index is 1.63. The first-order chi connectivity index (χ1) is 9.81. The fourth-order valence-electron chi connectivity index (χ4n) is 2.40. The molecule has 3 nitrogen and oxygen atoms in total. The molecule has 3 rings (SSSR count). The summed E-state index contributed by atoms with van der Waals surface area (Å²) in [4.78, 5) is 4.71. The normalized spacial score (nSPS) is 17.4. The van der Waals surface area contributed by atoms with Crippen molar-refractivity contribution in [1.82, 2.24) is 10.6 Å². The second kappa shape index (κ2) is 5.78. The number of nitrogens with zero attached hydrogens (tertiary/aromatic N) is 1. The van der Waals surface area contributed by atoms with Crippen molar-refractivity contribution in [2.24, 2.45) is 4.99 Å². The molecule has 0 saturated carbocycles. The Morgan fingerprint density at radius 1 is 1.15 bits per heavy atom. The number of aryl methyl sites for hydroxylation is 1. The molecule has 0 spiro atoms. The van der Waals surface area contributed by atoms with Crippen molar-refractivity contribution in [3.8, 4) is 0 Å². The van der Waals surface area contributed by atoms with Crippen LogP contribution in [0.3, 0.4) is 0 Å². The maximum absolute atomic E-state index is 4.71. The Morgan fingerprint density at radius 3 is 2.80 bits per heavy atom. The van der Waals surface area contributed by atoms with E-state index in [9.17, 15) is 0 Å². The molecule has 2 aromatic rings. The van der Waals surface area contributed by atoms with Gasteiger partial charge in [0.2, 0.25) is 0 Å². The van der Waals surface area contributed by atoms with Crippen molar-refractivity contribution < 1.29 is 0 Å². The summed E-state index contributed by atoms with van der Waals surface area (Å²) in [5.74, 6) is 0.889. The molecule has 1 atom stereocenters. The van der Waals surface area contributed by atoms with Crippen LogP contribution in [0, 0.1) is 6.92 Å². The molecular weight excluding hydrogens is 246 g/mol. The number of guanidine groups is 1. The standard InChI is InChI=1S/C17H19N3/c1-13-6-5-9-15(10-13)16-12-19-17(20-16)18-11-14-7-3-2-4-8-14/h2-10,16H,11-12H2,1H3,(H2,18,19,20)/t16-/m1/s1. The zero-order valence-electron chi connectivity index (χ0n) is 11.6. The van der Waals surface area contributed by atoms with Crippen LogP contribution in [0.2, 0.25) is 0 Å². The highest BCUT2D eigenvalue weighted by atomic mass is 15.2. The highest BCUT2D eigenvalue weighted by molar-refractivity contribution is 5.81. The molecule has 0 amide bonds. The first kappa shape index (κ1) is 12.7. The zero-order chi connectivity index (χ0) is 13.8. The topological polar surface area (TPSA) is 36.4 Å². The Morgan fingerprint density at radius 2 is 2.00 bits per heavy atom. The third-order valence-electron chi connectivity index (χ3n) is 3.48. The number of hydrogen-bond donors (Lipinski definition) is 2. The van der Waals surface area contributed by atoms with Crippen LogP contribution in [0.4, 0.5) is 0 Å². The van der Waals surface area contributed by atoms with Crippen molar-refractivity contribution in [1.29, 1.82) is 0 Å². The summed E-state index contributed by atoms with van der Waals surface area (Å²) in [6.45, 7) is 3.78. The lowest BCUT2D eigenvalue weighted by Gasteiger charge is -2.06. The summed E-state index contributed by atoms with van der Waals surface area (Å²) in [5.41, 5.74) is 3.81. The van der Waals surface area contributed by atoms with Crippen molar-refractivity contribution >= 4 is 5.96 Å². The van der Waals surface area contributed by atoms with Crippen molar-refractivity contribution in [3.05, 3.63) is 71.3 Å². The third kappa shape index (κ3) is 2.99. The van der Waals surface area contributed by atoms with Crippen molar-refractivity contribution in [3.63, 3.8) is 0 Å². The first-order valence-electron chi connectivity index (χ1n) is 6.97. The van der Waals surface area contributed by atoms with Crippen LogP contribution in [0.1, 0.15) is 22.7 Å². The molecule has 0 aromatic heterocycles. The summed E-state index contributed by atoms with van der Waals surface area (Å²) in [6.07, 6.45) is 0. The van der Waals surface area contributed by atoms with E-state index in [-0.39, 0.29) is 6.04 Å². The number of aliphatic imine (C=N–C) groups is 1. The van der Waals surface area contributed by atoms with Gasteiger partial charge in [-0.05, 0) is 18.1 Å². The maximum atomic E-state index is 4.71. The fraction of sp³-hybridized carbons (Fsp3) is 0.235. The minimum absolute atomic E-state index is 0.216. The Hall–Kier alpha value is -2.29. The van der Waals surface area contributed by atoms with E-state index in [0.29, 0.717) is 0 Å². The largest absolute Gasteiger partial charge is 0.354 e. The third-order valence-corrected chi connectivity index (χ3v) is 3.48. The lowest BCUT2D eigenvalue weighted by atomic mass is 10.1. The van der Waals surface area contributed by atoms with Crippen LogP contribution in [0.15, 0.2) is 59.6 Å². The number of rotatable bonds is 3.